The van der Waals surface area contributed by atoms with E-state index in [0.29, 0.717) is 0 Å². The van der Waals surface area contributed by atoms with Crippen molar-refractivity contribution in [1.29, 1.82) is 0 Å². The van der Waals surface area contributed by atoms with Gasteiger partial charge in [0, 0.05) is 0 Å². The van der Waals surface area contributed by atoms with Crippen LogP contribution in [0.1, 0.15) is 0 Å². The average molecular weight is 132 g/mol. The van der Waals surface area contributed by atoms with Crippen LogP contribution in [0.25, 0.3) is 0 Å². The maximum absolute atomic E-state index is 11.2. The minimum absolute atomic E-state index is 0.771. The topological polar surface area (TPSA) is 0 Å². The molecule has 44 valence electrons. The number of hydrogen-bond donors (Lipinski definition) is 0. The van der Waals surface area contributed by atoms with Crippen molar-refractivity contribution in [1.82, 2.24) is 0 Å². The second-order valence-electron chi connectivity index (χ2n) is 1.26. The molecule has 0 unspecified atom stereocenters. The van der Waals surface area contributed by atoms with Crippen LogP contribution in [0, 0.1) is 0 Å². The Morgan fingerprint density at radius 3 is 1.43 bits per heavy atom. The molecule has 0 rings (SSSR count). The van der Waals surface area contributed by atoms with E-state index >= 15 is 0 Å². The van der Waals surface area contributed by atoms with Gasteiger partial charge in [-0.15, -0.1) is 0 Å². The molecule has 0 atom stereocenters. The number of halogens is 4. The fourth-order valence-electron chi connectivity index (χ4n) is 0. The largest absolute Gasteiger partial charge is 0.295 e. The van der Waals surface area contributed by atoms with E-state index in [1.807, 2.05) is 0 Å². The molecule has 0 fully saturated rings. The molecule has 0 aliphatic rings. The molecule has 0 N–H and O–H groups in total. The van der Waals surface area contributed by atoms with Crippen LogP contribution >= 0.6 is 0 Å². The molecule has 0 nitrogen and oxygen atoms in total. The highest BCUT2D eigenvalue weighted by atomic mass is 28.1. The van der Waals surface area contributed by atoms with Crippen LogP contribution in [0.15, 0.2) is 0 Å². The Hall–Kier alpha value is -0.0631. The first-order chi connectivity index (χ1) is 2.94. The lowest BCUT2D eigenvalue weighted by Gasteiger charge is -2.05. The van der Waals surface area contributed by atoms with Gasteiger partial charge in [-0.1, -0.05) is 0 Å². The lowest BCUT2D eigenvalue weighted by atomic mass is 10.7. The predicted octanol–water partition coefficient (Wildman–Crippen LogP) is 0.210. The van der Waals surface area contributed by atoms with Crippen LogP contribution < -0.4 is 0 Å². The van der Waals surface area contributed by atoms with Gasteiger partial charge in [-0.05, 0) is 0 Å². The quantitative estimate of drug-likeness (QED) is 0.353. The smallest absolute Gasteiger partial charge is 0.207 e. The highest BCUT2D eigenvalue weighted by molar-refractivity contribution is 6.13. The zero-order chi connectivity index (χ0) is 6.08. The molecule has 0 saturated carbocycles. The van der Waals surface area contributed by atoms with E-state index in [-0.39, 0.29) is 0 Å². The molecule has 0 aliphatic carbocycles. The van der Waals surface area contributed by atoms with E-state index in [2.05, 4.69) is 0 Å². The maximum Gasteiger partial charge on any atom is 0.295 e. The number of alkyl halides is 4. The Labute approximate surface area is 40.9 Å². The van der Waals surface area contributed by atoms with Crippen LogP contribution in [0.5, 0.6) is 0 Å². The van der Waals surface area contributed by atoms with Gasteiger partial charge in [0.2, 0.25) is 0 Å². The van der Waals surface area contributed by atoms with Crippen molar-refractivity contribution in [2.45, 2.75) is 12.0 Å². The second kappa shape index (κ2) is 1.81. The molecule has 7 heavy (non-hydrogen) atoms. The van der Waals surface area contributed by atoms with Gasteiger partial charge in [0.1, 0.15) is 0 Å². The Balaban J connectivity index is 3.54. The third-order valence-corrected chi connectivity index (χ3v) is 0.820. The van der Waals surface area contributed by atoms with Crippen molar-refractivity contribution < 1.29 is 17.6 Å². The summed E-state index contributed by atoms with van der Waals surface area (Å²) in [5, 5.41) is 0. The molecule has 0 aromatic carbocycles. The minimum Gasteiger partial charge on any atom is -0.207 e. The Morgan fingerprint density at radius 1 is 1.29 bits per heavy atom. The fourth-order valence-corrected chi connectivity index (χ4v) is 0. The highest BCUT2D eigenvalue weighted by Crippen LogP contribution is 2.16. The van der Waals surface area contributed by atoms with Crippen molar-refractivity contribution in [3.8, 4) is 0 Å². The molecule has 5 heteroatoms. The first-order valence-electron chi connectivity index (χ1n) is 1.60. The molecule has 0 heterocycles. The summed E-state index contributed by atoms with van der Waals surface area (Å²) in [5.41, 5.74) is -3.69. The zero-order valence-corrected chi connectivity index (χ0v) is 5.59. The summed E-state index contributed by atoms with van der Waals surface area (Å²) in [6, 6.07) is 0. The summed E-state index contributed by atoms with van der Waals surface area (Å²) >= 11 is 0. The van der Waals surface area contributed by atoms with Crippen molar-refractivity contribution >= 4 is 10.2 Å². The average Bonchev–Trinajstić information content (AvgIpc) is 1.31. The van der Waals surface area contributed by atoms with E-state index in [1.165, 1.54) is 0 Å². The van der Waals surface area contributed by atoms with Crippen molar-refractivity contribution in [3.63, 3.8) is 0 Å². The monoisotopic (exact) mass is 132 g/mol. The van der Waals surface area contributed by atoms with Crippen LogP contribution in [0.3, 0.4) is 0 Å². The van der Waals surface area contributed by atoms with E-state index in [4.69, 9.17) is 0 Å². The van der Waals surface area contributed by atoms with Crippen LogP contribution in [-0.4, -0.2) is 22.2 Å². The van der Waals surface area contributed by atoms with Gasteiger partial charge in [0.05, 0.1) is 10.2 Å². The van der Waals surface area contributed by atoms with Gasteiger partial charge >= 0.3 is 0 Å². The number of hydrogen-bond acceptors (Lipinski definition) is 0. The zero-order valence-electron chi connectivity index (χ0n) is 3.59. The summed E-state index contributed by atoms with van der Waals surface area (Å²) in [4.78, 5) is 0. The SMILES string of the molecule is FC(F)C(F)(F)[SiH3]. The van der Waals surface area contributed by atoms with Crippen LogP contribution in [0.4, 0.5) is 17.6 Å². The Bertz CT molecular complexity index is 55.2. The number of rotatable bonds is 1. The van der Waals surface area contributed by atoms with Gasteiger partial charge in [-0.2, -0.15) is 0 Å². The first kappa shape index (κ1) is 6.94. The van der Waals surface area contributed by atoms with Gasteiger partial charge in [0.25, 0.3) is 12.0 Å². The third-order valence-electron chi connectivity index (χ3n) is 0.383. The van der Waals surface area contributed by atoms with Crippen LogP contribution in [0.2, 0.25) is 0 Å². The van der Waals surface area contributed by atoms with Crippen molar-refractivity contribution in [2.75, 3.05) is 0 Å². The predicted molar refractivity (Wildman–Crippen MR) is 20.9 cm³/mol. The summed E-state index contributed by atoms with van der Waals surface area (Å²) in [6.45, 7) is 0. The highest BCUT2D eigenvalue weighted by Gasteiger charge is 2.33. The third kappa shape index (κ3) is 2.61. The summed E-state index contributed by atoms with van der Waals surface area (Å²) in [5.74, 6) is 0. The van der Waals surface area contributed by atoms with Gasteiger partial charge < -0.3 is 0 Å². The molecule has 0 spiro atoms. The van der Waals surface area contributed by atoms with E-state index in [9.17, 15) is 17.6 Å². The van der Waals surface area contributed by atoms with E-state index in [1.54, 1.807) is 0 Å². The Kier molecular flexibility index (Phi) is 1.80. The van der Waals surface area contributed by atoms with Gasteiger partial charge in [-0.25, -0.2) is 17.6 Å². The maximum atomic E-state index is 11.2. The second-order valence-corrected chi connectivity index (χ2v) is 2.59. The first-order valence-corrected chi connectivity index (χ1v) is 2.60. The lowest BCUT2D eigenvalue weighted by Crippen LogP contribution is -2.25. The molecule has 0 aromatic heterocycles. The van der Waals surface area contributed by atoms with Crippen LogP contribution in [-0.2, 0) is 0 Å². The van der Waals surface area contributed by atoms with E-state index < -0.39 is 22.2 Å². The van der Waals surface area contributed by atoms with E-state index in [0.717, 1.165) is 0 Å². The molecule has 0 aromatic rings. The summed E-state index contributed by atoms with van der Waals surface area (Å²) in [7, 11) is -0.771. The van der Waals surface area contributed by atoms with Gasteiger partial charge in [0.15, 0.2) is 0 Å². The molecule has 0 bridgehead atoms. The normalized spacial score (nSPS) is 13.3. The molecule has 0 aliphatic heterocycles. The summed E-state index contributed by atoms with van der Waals surface area (Å²) < 4.78 is 44.0. The summed E-state index contributed by atoms with van der Waals surface area (Å²) in [6.07, 6.45) is -3.47. The molecular weight excluding hydrogens is 128 g/mol. The molecule has 0 amide bonds. The fraction of sp³-hybridized carbons (Fsp3) is 1.00. The lowest BCUT2D eigenvalue weighted by molar-refractivity contribution is -0.0636. The minimum atomic E-state index is -3.69. The molecular formula is C2H4F4Si. The standard InChI is InChI=1S/C2H4F4Si/c3-1(4)2(5,6)7/h1H,7H3. The van der Waals surface area contributed by atoms with Crippen molar-refractivity contribution in [2.24, 2.45) is 0 Å². The van der Waals surface area contributed by atoms with Crippen molar-refractivity contribution in [3.05, 3.63) is 0 Å². The van der Waals surface area contributed by atoms with Gasteiger partial charge in [-0.3, -0.25) is 0 Å². The molecule has 0 saturated heterocycles. The Morgan fingerprint density at radius 2 is 1.43 bits per heavy atom. The molecule has 0 radical (unpaired) electrons.